The van der Waals surface area contributed by atoms with Gasteiger partial charge in [-0.15, -0.1) is 11.3 Å². The molecule has 2 N–H and O–H groups in total. The van der Waals surface area contributed by atoms with Gasteiger partial charge in [-0.05, 0) is 18.9 Å². The van der Waals surface area contributed by atoms with Gasteiger partial charge in [0.05, 0.1) is 6.04 Å². The van der Waals surface area contributed by atoms with Crippen LogP contribution in [0.3, 0.4) is 0 Å². The van der Waals surface area contributed by atoms with Gasteiger partial charge in [-0.25, -0.2) is 4.98 Å². The minimum Gasteiger partial charge on any atom is -0.306 e. The number of amides is 1. The second-order valence-corrected chi connectivity index (χ2v) is 4.42. The molecular formula is C9H13N3OS. The van der Waals surface area contributed by atoms with Crippen molar-refractivity contribution >= 4 is 22.4 Å². The fourth-order valence-corrected chi connectivity index (χ4v) is 2.19. The summed E-state index contributed by atoms with van der Waals surface area (Å²) in [7, 11) is 0. The Morgan fingerprint density at radius 3 is 3.21 bits per heavy atom. The maximum atomic E-state index is 11.7. The molecule has 0 saturated carbocycles. The summed E-state index contributed by atoms with van der Waals surface area (Å²) in [6.07, 6.45) is 2.75. The number of nitrogens with zero attached hydrogens (tertiary/aromatic N) is 1. The average molecular weight is 211 g/mol. The Kier molecular flexibility index (Phi) is 2.79. The Balaban J connectivity index is 1.95. The van der Waals surface area contributed by atoms with Crippen LogP contribution in [-0.2, 0) is 4.79 Å². The minimum atomic E-state index is -0.0566. The molecule has 2 heterocycles. The van der Waals surface area contributed by atoms with Crippen molar-refractivity contribution in [3.05, 3.63) is 11.6 Å². The highest BCUT2D eigenvalue weighted by Crippen LogP contribution is 2.17. The number of aromatic nitrogens is 1. The number of carbonyl (C=O) groups is 1. The van der Waals surface area contributed by atoms with E-state index >= 15 is 0 Å². The Labute approximate surface area is 86.7 Å². The molecule has 1 saturated heterocycles. The number of hydrogen-bond acceptors (Lipinski definition) is 4. The molecule has 2 unspecified atom stereocenters. The third-order valence-corrected chi connectivity index (χ3v) is 3.17. The van der Waals surface area contributed by atoms with Crippen LogP contribution in [0.15, 0.2) is 11.6 Å². The van der Waals surface area contributed by atoms with E-state index in [1.807, 2.05) is 5.38 Å². The SMILES string of the molecule is CC1CCNC1C(=O)Nc1nccs1. The van der Waals surface area contributed by atoms with Crippen LogP contribution in [-0.4, -0.2) is 23.5 Å². The van der Waals surface area contributed by atoms with Crippen LogP contribution in [0, 0.1) is 5.92 Å². The van der Waals surface area contributed by atoms with Crippen molar-refractivity contribution in [3.63, 3.8) is 0 Å². The van der Waals surface area contributed by atoms with Crippen molar-refractivity contribution in [3.8, 4) is 0 Å². The van der Waals surface area contributed by atoms with E-state index < -0.39 is 0 Å². The molecular weight excluding hydrogens is 198 g/mol. The zero-order valence-corrected chi connectivity index (χ0v) is 8.80. The summed E-state index contributed by atoms with van der Waals surface area (Å²) >= 11 is 1.44. The minimum absolute atomic E-state index is 0.0324. The molecule has 76 valence electrons. The molecule has 14 heavy (non-hydrogen) atoms. The molecule has 0 aliphatic carbocycles. The van der Waals surface area contributed by atoms with Crippen molar-refractivity contribution in [1.29, 1.82) is 0 Å². The largest absolute Gasteiger partial charge is 0.306 e. The van der Waals surface area contributed by atoms with E-state index in [0.29, 0.717) is 11.0 Å². The third-order valence-electron chi connectivity index (χ3n) is 2.48. The number of thiazole rings is 1. The Morgan fingerprint density at radius 1 is 1.79 bits per heavy atom. The van der Waals surface area contributed by atoms with Crippen LogP contribution in [0.1, 0.15) is 13.3 Å². The molecule has 1 fully saturated rings. The van der Waals surface area contributed by atoms with Crippen LogP contribution >= 0.6 is 11.3 Å². The standard InChI is InChI=1S/C9H13N3OS/c1-6-2-3-10-7(6)8(13)12-9-11-4-5-14-9/h4-7,10H,2-3H2,1H3,(H,11,12,13). The van der Waals surface area contributed by atoms with Crippen molar-refractivity contribution in [2.24, 2.45) is 5.92 Å². The summed E-state index contributed by atoms with van der Waals surface area (Å²) in [5.41, 5.74) is 0. The van der Waals surface area contributed by atoms with E-state index in [9.17, 15) is 4.79 Å². The number of anilines is 1. The third kappa shape index (κ3) is 1.93. The molecule has 0 radical (unpaired) electrons. The number of carbonyl (C=O) groups excluding carboxylic acids is 1. The molecule has 4 nitrogen and oxygen atoms in total. The average Bonchev–Trinajstić information content (AvgIpc) is 2.75. The van der Waals surface area contributed by atoms with E-state index in [1.54, 1.807) is 6.20 Å². The number of hydrogen-bond donors (Lipinski definition) is 2. The maximum absolute atomic E-state index is 11.7. The first-order valence-corrected chi connectivity index (χ1v) is 5.59. The van der Waals surface area contributed by atoms with Crippen LogP contribution in [0.4, 0.5) is 5.13 Å². The zero-order chi connectivity index (χ0) is 9.97. The van der Waals surface area contributed by atoms with Gasteiger partial charge in [0.1, 0.15) is 0 Å². The van der Waals surface area contributed by atoms with Gasteiger partial charge in [0.15, 0.2) is 5.13 Å². The lowest BCUT2D eigenvalue weighted by Gasteiger charge is -2.13. The monoisotopic (exact) mass is 211 g/mol. The van der Waals surface area contributed by atoms with Crippen LogP contribution < -0.4 is 10.6 Å². The van der Waals surface area contributed by atoms with E-state index in [-0.39, 0.29) is 11.9 Å². The first-order valence-electron chi connectivity index (χ1n) is 4.71. The highest BCUT2D eigenvalue weighted by Gasteiger charge is 2.29. The second-order valence-electron chi connectivity index (χ2n) is 3.52. The summed E-state index contributed by atoms with van der Waals surface area (Å²) in [5.74, 6) is 0.444. The molecule has 1 aromatic heterocycles. The maximum Gasteiger partial charge on any atom is 0.243 e. The van der Waals surface area contributed by atoms with Crippen molar-refractivity contribution in [1.82, 2.24) is 10.3 Å². The summed E-state index contributed by atoms with van der Waals surface area (Å²) in [6, 6.07) is -0.0566. The highest BCUT2D eigenvalue weighted by atomic mass is 32.1. The molecule has 1 aliphatic heterocycles. The Bertz CT molecular complexity index is 312. The second kappa shape index (κ2) is 4.06. The molecule has 5 heteroatoms. The van der Waals surface area contributed by atoms with E-state index in [1.165, 1.54) is 11.3 Å². The summed E-state index contributed by atoms with van der Waals surface area (Å²) in [6.45, 7) is 3.02. The molecule has 0 bridgehead atoms. The van der Waals surface area contributed by atoms with Gasteiger partial charge in [-0.2, -0.15) is 0 Å². The molecule has 1 aliphatic rings. The fraction of sp³-hybridized carbons (Fsp3) is 0.556. The first-order chi connectivity index (χ1) is 6.77. The number of nitrogens with one attached hydrogen (secondary N) is 2. The lowest BCUT2D eigenvalue weighted by Crippen LogP contribution is -2.38. The smallest absolute Gasteiger partial charge is 0.243 e. The summed E-state index contributed by atoms with van der Waals surface area (Å²) in [5, 5.41) is 8.51. The van der Waals surface area contributed by atoms with Gasteiger partial charge in [0.2, 0.25) is 5.91 Å². The zero-order valence-electron chi connectivity index (χ0n) is 7.99. The van der Waals surface area contributed by atoms with Crippen molar-refractivity contribution < 1.29 is 4.79 Å². The van der Waals surface area contributed by atoms with E-state index in [2.05, 4.69) is 22.5 Å². The molecule has 1 aromatic rings. The fourth-order valence-electron chi connectivity index (χ4n) is 1.65. The van der Waals surface area contributed by atoms with Gasteiger partial charge in [-0.3, -0.25) is 4.79 Å². The highest BCUT2D eigenvalue weighted by molar-refractivity contribution is 7.13. The lowest BCUT2D eigenvalue weighted by atomic mass is 10.0. The van der Waals surface area contributed by atoms with Crippen LogP contribution in [0.25, 0.3) is 0 Å². The van der Waals surface area contributed by atoms with Gasteiger partial charge in [0.25, 0.3) is 0 Å². The molecule has 2 rings (SSSR count). The van der Waals surface area contributed by atoms with Crippen molar-refractivity contribution in [2.45, 2.75) is 19.4 Å². The van der Waals surface area contributed by atoms with E-state index in [4.69, 9.17) is 0 Å². The molecule has 0 spiro atoms. The van der Waals surface area contributed by atoms with Crippen LogP contribution in [0.5, 0.6) is 0 Å². The van der Waals surface area contributed by atoms with Gasteiger partial charge < -0.3 is 10.6 Å². The number of rotatable bonds is 2. The Morgan fingerprint density at radius 2 is 2.64 bits per heavy atom. The summed E-state index contributed by atoms with van der Waals surface area (Å²) in [4.78, 5) is 15.7. The quantitative estimate of drug-likeness (QED) is 0.769. The van der Waals surface area contributed by atoms with E-state index in [0.717, 1.165) is 13.0 Å². The molecule has 0 aromatic carbocycles. The summed E-state index contributed by atoms with van der Waals surface area (Å²) < 4.78 is 0. The predicted octanol–water partition coefficient (Wildman–Crippen LogP) is 1.08. The topological polar surface area (TPSA) is 54.0 Å². The van der Waals surface area contributed by atoms with Gasteiger partial charge in [-0.1, -0.05) is 6.92 Å². The van der Waals surface area contributed by atoms with Gasteiger partial charge >= 0.3 is 0 Å². The van der Waals surface area contributed by atoms with Crippen molar-refractivity contribution in [2.75, 3.05) is 11.9 Å². The first kappa shape index (κ1) is 9.61. The molecule has 1 amide bonds. The molecule has 2 atom stereocenters. The normalized spacial score (nSPS) is 26.4. The predicted molar refractivity (Wildman–Crippen MR) is 56.3 cm³/mol. The van der Waals surface area contributed by atoms with Gasteiger partial charge in [0, 0.05) is 11.6 Å². The Hall–Kier alpha value is -0.940. The lowest BCUT2D eigenvalue weighted by molar-refractivity contribution is -0.118. The van der Waals surface area contributed by atoms with Crippen LogP contribution in [0.2, 0.25) is 0 Å².